The van der Waals surface area contributed by atoms with Crippen LogP contribution in [0.1, 0.15) is 24.0 Å². The maximum absolute atomic E-state index is 13.1. The number of carboxylic acids is 1. The van der Waals surface area contributed by atoms with Gasteiger partial charge < -0.3 is 15.2 Å². The maximum Gasteiger partial charge on any atom is 0.317 e. The predicted molar refractivity (Wildman–Crippen MR) is 94.5 cm³/mol. The summed E-state index contributed by atoms with van der Waals surface area (Å²) in [7, 11) is -2.18. The van der Waals surface area contributed by atoms with Gasteiger partial charge in [-0.3, -0.25) is 4.79 Å². The van der Waals surface area contributed by atoms with E-state index in [1.807, 2.05) is 19.9 Å². The Hall–Kier alpha value is -1.64. The molecule has 7 nitrogen and oxygen atoms in total. The third kappa shape index (κ3) is 4.71. The number of ether oxygens (including phenoxy) is 1. The average Bonchev–Trinajstić information content (AvgIpc) is 2.54. The third-order valence-electron chi connectivity index (χ3n) is 4.40. The highest BCUT2D eigenvalue weighted by atomic mass is 32.2. The topological polar surface area (TPSA) is 95.9 Å². The first-order valence-electron chi connectivity index (χ1n) is 8.33. The Balaban J connectivity index is 2.20. The van der Waals surface area contributed by atoms with E-state index in [9.17, 15) is 13.2 Å². The zero-order valence-electron chi connectivity index (χ0n) is 14.9. The van der Waals surface area contributed by atoms with Gasteiger partial charge in [-0.2, -0.15) is 4.31 Å². The van der Waals surface area contributed by atoms with Gasteiger partial charge in [0.2, 0.25) is 10.0 Å². The smallest absolute Gasteiger partial charge is 0.317 e. The van der Waals surface area contributed by atoms with Crippen molar-refractivity contribution in [1.29, 1.82) is 0 Å². The number of carboxylic acid groups (broad SMARTS) is 1. The van der Waals surface area contributed by atoms with Crippen LogP contribution >= 0.6 is 0 Å². The second-order valence-corrected chi connectivity index (χ2v) is 8.42. The van der Waals surface area contributed by atoms with Crippen molar-refractivity contribution >= 4 is 16.0 Å². The van der Waals surface area contributed by atoms with Gasteiger partial charge in [-0.1, -0.05) is 6.07 Å². The highest BCUT2D eigenvalue weighted by molar-refractivity contribution is 7.89. The second-order valence-electron chi connectivity index (χ2n) is 6.51. The first kappa shape index (κ1) is 19.7. The first-order chi connectivity index (χ1) is 11.8. The molecule has 0 bridgehead atoms. The molecule has 1 fully saturated rings. The minimum absolute atomic E-state index is 0.0970. The van der Waals surface area contributed by atoms with E-state index < -0.39 is 16.0 Å². The summed E-state index contributed by atoms with van der Waals surface area (Å²) in [6.45, 7) is 4.91. The van der Waals surface area contributed by atoms with Crippen LogP contribution in [0.3, 0.4) is 0 Å². The number of rotatable bonds is 7. The minimum Gasteiger partial charge on any atom is -0.495 e. The van der Waals surface area contributed by atoms with Gasteiger partial charge in [0.25, 0.3) is 0 Å². The fraction of sp³-hybridized carbons (Fsp3) is 0.588. The first-order valence-corrected chi connectivity index (χ1v) is 9.77. The summed E-state index contributed by atoms with van der Waals surface area (Å²) in [4.78, 5) is 10.8. The lowest BCUT2D eigenvalue weighted by Crippen LogP contribution is -2.43. The predicted octanol–water partition coefficient (Wildman–Crippen LogP) is 1.39. The van der Waals surface area contributed by atoms with E-state index in [0.717, 1.165) is 24.0 Å². The molecule has 1 saturated heterocycles. The van der Waals surface area contributed by atoms with Crippen LogP contribution in [0.5, 0.6) is 5.75 Å². The maximum atomic E-state index is 13.1. The standard InChI is InChI=1S/C17H26N2O5S/c1-12-7-13(2)17(24-3)15(8-12)25(22,23)19-6-4-5-14(11-19)9-18-10-16(20)21/h7-8,14,18H,4-6,9-11H2,1-3H3,(H,20,21). The fourth-order valence-corrected chi connectivity index (χ4v) is 5.17. The Morgan fingerprint density at radius 1 is 1.40 bits per heavy atom. The molecular formula is C17H26N2O5S. The molecule has 2 rings (SSSR count). The number of piperidine rings is 1. The summed E-state index contributed by atoms with van der Waals surface area (Å²) >= 11 is 0. The molecule has 0 aliphatic carbocycles. The summed E-state index contributed by atoms with van der Waals surface area (Å²) < 4.78 is 33.1. The van der Waals surface area contributed by atoms with Crippen molar-refractivity contribution in [1.82, 2.24) is 9.62 Å². The second kappa shape index (κ2) is 8.16. The summed E-state index contributed by atoms with van der Waals surface area (Å²) in [5.74, 6) is -0.434. The van der Waals surface area contributed by atoms with Crippen molar-refractivity contribution in [2.24, 2.45) is 5.92 Å². The van der Waals surface area contributed by atoms with Gasteiger partial charge in [0.1, 0.15) is 10.6 Å². The Kier molecular flexibility index (Phi) is 6.42. The van der Waals surface area contributed by atoms with E-state index in [2.05, 4.69) is 5.32 Å². The molecule has 1 aromatic rings. The number of benzene rings is 1. The molecule has 25 heavy (non-hydrogen) atoms. The number of aliphatic carboxylic acids is 1. The number of aryl methyl sites for hydroxylation is 2. The van der Waals surface area contributed by atoms with Crippen LogP contribution in [0, 0.1) is 19.8 Å². The molecule has 1 aliphatic rings. The number of hydrogen-bond donors (Lipinski definition) is 2. The van der Waals surface area contributed by atoms with Crippen molar-refractivity contribution in [3.8, 4) is 5.75 Å². The van der Waals surface area contributed by atoms with E-state index >= 15 is 0 Å². The van der Waals surface area contributed by atoms with Gasteiger partial charge in [-0.15, -0.1) is 0 Å². The average molecular weight is 370 g/mol. The lowest BCUT2D eigenvalue weighted by molar-refractivity contribution is -0.136. The molecule has 1 unspecified atom stereocenters. The Morgan fingerprint density at radius 3 is 2.76 bits per heavy atom. The molecular weight excluding hydrogens is 344 g/mol. The molecule has 0 amide bonds. The lowest BCUT2D eigenvalue weighted by atomic mass is 10.00. The molecule has 0 aromatic heterocycles. The molecule has 0 radical (unpaired) electrons. The van der Waals surface area contributed by atoms with Gasteiger partial charge >= 0.3 is 5.97 Å². The molecule has 8 heteroatoms. The van der Waals surface area contributed by atoms with E-state index in [0.29, 0.717) is 25.4 Å². The van der Waals surface area contributed by atoms with Gasteiger partial charge in [0.05, 0.1) is 13.7 Å². The fourth-order valence-electron chi connectivity index (χ4n) is 3.30. The zero-order chi connectivity index (χ0) is 18.6. The summed E-state index contributed by atoms with van der Waals surface area (Å²) in [6.07, 6.45) is 1.63. The Labute approximate surface area is 149 Å². The van der Waals surface area contributed by atoms with Crippen LogP contribution in [-0.4, -0.2) is 57.1 Å². The molecule has 2 N–H and O–H groups in total. The number of nitrogens with zero attached hydrogens (tertiary/aromatic N) is 1. The van der Waals surface area contributed by atoms with Gasteiger partial charge in [-0.05, 0) is 56.3 Å². The van der Waals surface area contributed by atoms with Crippen LogP contribution in [0.2, 0.25) is 0 Å². The Bertz CT molecular complexity index is 733. The van der Waals surface area contributed by atoms with Crippen molar-refractivity contribution in [3.63, 3.8) is 0 Å². The highest BCUT2D eigenvalue weighted by Crippen LogP contribution is 2.33. The number of sulfonamides is 1. The van der Waals surface area contributed by atoms with Crippen LogP contribution in [0.15, 0.2) is 17.0 Å². The van der Waals surface area contributed by atoms with Crippen LogP contribution in [0.4, 0.5) is 0 Å². The normalized spacial score (nSPS) is 18.9. The van der Waals surface area contributed by atoms with Crippen LogP contribution < -0.4 is 10.1 Å². The molecule has 0 saturated carbocycles. The summed E-state index contributed by atoms with van der Waals surface area (Å²) in [5.41, 5.74) is 1.66. The van der Waals surface area contributed by atoms with Crippen molar-refractivity contribution in [2.75, 3.05) is 33.3 Å². The van der Waals surface area contributed by atoms with E-state index in [1.165, 1.54) is 11.4 Å². The van der Waals surface area contributed by atoms with E-state index in [4.69, 9.17) is 9.84 Å². The molecule has 1 heterocycles. The number of nitrogens with one attached hydrogen (secondary N) is 1. The highest BCUT2D eigenvalue weighted by Gasteiger charge is 2.32. The van der Waals surface area contributed by atoms with E-state index in [-0.39, 0.29) is 17.4 Å². The van der Waals surface area contributed by atoms with Gasteiger partial charge in [-0.25, -0.2) is 8.42 Å². The van der Waals surface area contributed by atoms with E-state index in [1.54, 1.807) is 6.07 Å². The van der Waals surface area contributed by atoms with Crippen LogP contribution in [-0.2, 0) is 14.8 Å². The molecule has 140 valence electrons. The van der Waals surface area contributed by atoms with Crippen LogP contribution in [0.25, 0.3) is 0 Å². The number of hydrogen-bond acceptors (Lipinski definition) is 5. The SMILES string of the molecule is COc1c(C)cc(C)cc1S(=O)(=O)N1CCCC(CNCC(=O)O)C1. The minimum atomic E-state index is -3.66. The molecule has 1 aliphatic heterocycles. The molecule has 1 atom stereocenters. The van der Waals surface area contributed by atoms with Crippen molar-refractivity contribution in [2.45, 2.75) is 31.6 Å². The number of carbonyl (C=O) groups is 1. The van der Waals surface area contributed by atoms with Gasteiger partial charge in [0.15, 0.2) is 0 Å². The Morgan fingerprint density at radius 2 is 2.12 bits per heavy atom. The largest absolute Gasteiger partial charge is 0.495 e. The quantitative estimate of drug-likeness (QED) is 0.753. The summed E-state index contributed by atoms with van der Waals surface area (Å²) in [5, 5.41) is 11.6. The molecule has 0 spiro atoms. The zero-order valence-corrected chi connectivity index (χ0v) is 15.7. The lowest BCUT2D eigenvalue weighted by Gasteiger charge is -2.32. The molecule has 1 aromatic carbocycles. The van der Waals surface area contributed by atoms with Crippen molar-refractivity contribution < 1.29 is 23.1 Å². The van der Waals surface area contributed by atoms with Gasteiger partial charge in [0, 0.05) is 13.1 Å². The van der Waals surface area contributed by atoms with Crippen molar-refractivity contribution in [3.05, 3.63) is 23.3 Å². The third-order valence-corrected chi connectivity index (χ3v) is 6.27. The summed E-state index contributed by atoms with van der Waals surface area (Å²) in [6, 6.07) is 3.54. The monoisotopic (exact) mass is 370 g/mol. The number of methoxy groups -OCH3 is 1.